The highest BCUT2D eigenvalue weighted by molar-refractivity contribution is 9.10. The van der Waals surface area contributed by atoms with Crippen molar-refractivity contribution in [1.82, 2.24) is 4.98 Å². The maximum atomic E-state index is 10.4. The Labute approximate surface area is 107 Å². The first-order valence-corrected chi connectivity index (χ1v) is 5.67. The van der Waals surface area contributed by atoms with Crippen LogP contribution in [-0.2, 0) is 0 Å². The van der Waals surface area contributed by atoms with Crippen molar-refractivity contribution >= 4 is 21.6 Å². The molecule has 7 heteroatoms. The van der Waals surface area contributed by atoms with Gasteiger partial charge in [0, 0.05) is 12.0 Å². The fourth-order valence-corrected chi connectivity index (χ4v) is 1.45. The summed E-state index contributed by atoms with van der Waals surface area (Å²) < 4.78 is 6.21. The summed E-state index contributed by atoms with van der Waals surface area (Å²) in [5.41, 5.74) is 0.387. The lowest BCUT2D eigenvalue weighted by atomic mass is 10.2. The third kappa shape index (κ3) is 4.48. The molecule has 0 spiro atoms. The van der Waals surface area contributed by atoms with Gasteiger partial charge in [0.25, 0.3) is 0 Å². The molecule has 6 nitrogen and oxygen atoms in total. The van der Waals surface area contributed by atoms with E-state index in [-0.39, 0.29) is 6.54 Å². The summed E-state index contributed by atoms with van der Waals surface area (Å²) >= 11 is 3.21. The molecule has 0 aliphatic heterocycles. The second-order valence-corrected chi connectivity index (χ2v) is 4.09. The topological polar surface area (TPSA) is 77.6 Å². The van der Waals surface area contributed by atoms with Crippen LogP contribution in [0.1, 0.15) is 6.92 Å². The van der Waals surface area contributed by atoms with E-state index in [0.717, 1.165) is 0 Å². The van der Waals surface area contributed by atoms with Gasteiger partial charge in [0.2, 0.25) is 6.54 Å². The van der Waals surface area contributed by atoms with Crippen LogP contribution in [0, 0.1) is 10.1 Å². The second-order valence-electron chi connectivity index (χ2n) is 3.28. The van der Waals surface area contributed by atoms with Crippen molar-refractivity contribution in [2.24, 2.45) is 4.99 Å². The highest BCUT2D eigenvalue weighted by Crippen LogP contribution is 2.14. The van der Waals surface area contributed by atoms with Gasteiger partial charge >= 0.3 is 0 Å². The Kier molecular flexibility index (Phi) is 5.02. The van der Waals surface area contributed by atoms with E-state index in [1.165, 1.54) is 7.05 Å². The fourth-order valence-electron chi connectivity index (χ4n) is 1.22. The predicted molar refractivity (Wildman–Crippen MR) is 67.2 cm³/mol. The van der Waals surface area contributed by atoms with Gasteiger partial charge < -0.3 is 4.74 Å². The molecule has 0 saturated heterocycles. The molecule has 1 aromatic rings. The third-order valence-corrected chi connectivity index (χ3v) is 2.53. The average Bonchev–Trinajstić information content (AvgIpc) is 2.28. The van der Waals surface area contributed by atoms with Gasteiger partial charge in [-0.2, -0.15) is 0 Å². The van der Waals surface area contributed by atoms with E-state index in [0.29, 0.717) is 16.1 Å². The largest absolute Gasteiger partial charge is 0.483 e. The van der Waals surface area contributed by atoms with Crippen molar-refractivity contribution in [2.45, 2.75) is 13.0 Å². The van der Waals surface area contributed by atoms with Crippen LogP contribution in [0.2, 0.25) is 0 Å². The van der Waals surface area contributed by atoms with Crippen LogP contribution >= 0.6 is 15.9 Å². The minimum atomic E-state index is -0.451. The number of ether oxygens (including phenoxy) is 1. The van der Waals surface area contributed by atoms with Crippen LogP contribution in [-0.4, -0.2) is 35.3 Å². The van der Waals surface area contributed by atoms with Gasteiger partial charge in [0.1, 0.15) is 22.2 Å². The second kappa shape index (κ2) is 6.29. The van der Waals surface area contributed by atoms with Crippen LogP contribution in [0.4, 0.5) is 0 Å². The molecule has 0 bridgehead atoms. The summed E-state index contributed by atoms with van der Waals surface area (Å²) in [6.45, 7) is 1.40. The Morgan fingerprint density at radius 1 is 1.71 bits per heavy atom. The lowest BCUT2D eigenvalue weighted by Crippen LogP contribution is -2.30. The van der Waals surface area contributed by atoms with Crippen molar-refractivity contribution in [3.63, 3.8) is 0 Å². The van der Waals surface area contributed by atoms with Crippen molar-refractivity contribution in [3.8, 4) is 5.75 Å². The van der Waals surface area contributed by atoms with Crippen molar-refractivity contribution in [1.29, 1.82) is 0 Å². The summed E-state index contributed by atoms with van der Waals surface area (Å²) in [6.07, 6.45) is 1.09. The zero-order chi connectivity index (χ0) is 12.8. The predicted octanol–water partition coefficient (Wildman–Crippen LogP) is 1.96. The van der Waals surface area contributed by atoms with E-state index in [1.54, 1.807) is 25.3 Å². The smallest absolute Gasteiger partial charge is 0.244 e. The molecular formula is C10H12BrN3O3. The summed E-state index contributed by atoms with van der Waals surface area (Å²) in [5, 5.41) is 10.4. The zero-order valence-corrected chi connectivity index (χ0v) is 11.0. The molecule has 0 amide bonds. The zero-order valence-electron chi connectivity index (χ0n) is 9.46. The molecule has 0 fully saturated rings. The van der Waals surface area contributed by atoms with E-state index in [1.807, 2.05) is 0 Å². The molecule has 0 aliphatic rings. The maximum Gasteiger partial charge on any atom is 0.244 e. The molecule has 1 atom stereocenters. The Morgan fingerprint density at radius 2 is 2.41 bits per heavy atom. The molecule has 0 saturated carbocycles. The lowest BCUT2D eigenvalue weighted by molar-refractivity contribution is -0.463. The van der Waals surface area contributed by atoms with Crippen LogP contribution in [0.15, 0.2) is 27.9 Å². The molecule has 0 aliphatic carbocycles. The monoisotopic (exact) mass is 301 g/mol. The van der Waals surface area contributed by atoms with Gasteiger partial charge in [-0.25, -0.2) is 4.98 Å². The minimum absolute atomic E-state index is 0.318. The summed E-state index contributed by atoms with van der Waals surface area (Å²) in [4.78, 5) is 17.9. The Bertz CT molecular complexity index is 419. The van der Waals surface area contributed by atoms with Gasteiger partial charge in [0.15, 0.2) is 0 Å². The van der Waals surface area contributed by atoms with Crippen LogP contribution in [0.5, 0.6) is 5.75 Å². The molecule has 1 aromatic heterocycles. The number of pyridine rings is 1. The quantitative estimate of drug-likeness (QED) is 0.360. The molecule has 0 radical (unpaired) electrons. The Hall–Kier alpha value is -1.50. The highest BCUT2D eigenvalue weighted by Gasteiger charge is 2.17. The average molecular weight is 302 g/mol. The summed E-state index contributed by atoms with van der Waals surface area (Å²) in [5.74, 6) is 0.546. The van der Waals surface area contributed by atoms with E-state index in [4.69, 9.17) is 4.74 Å². The molecule has 0 N–H and O–H groups in total. The Balaban J connectivity index is 2.67. The van der Waals surface area contributed by atoms with E-state index in [2.05, 4.69) is 25.9 Å². The minimum Gasteiger partial charge on any atom is -0.483 e. The normalized spacial score (nSPS) is 13.2. The summed E-state index contributed by atoms with van der Waals surface area (Å²) in [7, 11) is 1.51. The highest BCUT2D eigenvalue weighted by atomic mass is 79.9. The molecule has 17 heavy (non-hydrogen) atoms. The molecule has 1 heterocycles. The fraction of sp³-hybridized carbons (Fsp3) is 0.400. The number of nitrogens with zero attached hydrogens (tertiary/aromatic N) is 3. The third-order valence-electron chi connectivity index (χ3n) is 2.06. The number of nitro groups is 1. The lowest BCUT2D eigenvalue weighted by Gasteiger charge is -2.14. The number of rotatable bonds is 5. The molecule has 92 valence electrons. The molecule has 0 aromatic carbocycles. The van der Waals surface area contributed by atoms with Gasteiger partial charge in [-0.1, -0.05) is 0 Å². The van der Waals surface area contributed by atoms with Crippen LogP contribution in [0.25, 0.3) is 0 Å². The molecule has 1 rings (SSSR count). The summed E-state index contributed by atoms with van der Waals surface area (Å²) in [6, 6.07) is 3.46. The number of hydrogen-bond acceptors (Lipinski definition) is 5. The number of aliphatic imine (C=N–C) groups is 1. The first-order valence-electron chi connectivity index (χ1n) is 4.88. The maximum absolute atomic E-state index is 10.4. The first-order chi connectivity index (χ1) is 8.02. The van der Waals surface area contributed by atoms with E-state index < -0.39 is 11.0 Å². The van der Waals surface area contributed by atoms with Crippen LogP contribution < -0.4 is 4.74 Å². The van der Waals surface area contributed by atoms with Crippen LogP contribution in [0.3, 0.4) is 0 Å². The standard InChI is InChI=1S/C10H12BrN3O3/c1-7(9(12-2)6-14(15)16)17-8-3-4-10(11)13-5-8/h3-5,7H,6H2,1-2H3. The van der Waals surface area contributed by atoms with Crippen molar-refractivity contribution in [2.75, 3.05) is 13.6 Å². The van der Waals surface area contributed by atoms with Gasteiger partial charge in [0.05, 0.1) is 6.20 Å². The first kappa shape index (κ1) is 13.6. The van der Waals surface area contributed by atoms with Crippen molar-refractivity contribution in [3.05, 3.63) is 33.0 Å². The Morgan fingerprint density at radius 3 is 2.88 bits per heavy atom. The van der Waals surface area contributed by atoms with Crippen molar-refractivity contribution < 1.29 is 9.66 Å². The van der Waals surface area contributed by atoms with Gasteiger partial charge in [-0.15, -0.1) is 0 Å². The number of hydrogen-bond donors (Lipinski definition) is 0. The van der Waals surface area contributed by atoms with E-state index in [9.17, 15) is 10.1 Å². The van der Waals surface area contributed by atoms with Gasteiger partial charge in [-0.3, -0.25) is 15.1 Å². The van der Waals surface area contributed by atoms with E-state index >= 15 is 0 Å². The molecular weight excluding hydrogens is 290 g/mol. The molecule has 1 unspecified atom stereocenters. The SMILES string of the molecule is CN=C(C[N+](=O)[O-])C(C)Oc1ccc(Br)nc1. The van der Waals surface area contributed by atoms with Gasteiger partial charge in [-0.05, 0) is 35.0 Å². The number of halogens is 1. The number of aromatic nitrogens is 1.